The highest BCUT2D eigenvalue weighted by atomic mass is 79.9. The summed E-state index contributed by atoms with van der Waals surface area (Å²) in [6, 6.07) is 8.69. The van der Waals surface area contributed by atoms with Gasteiger partial charge in [0.15, 0.2) is 5.96 Å². The Morgan fingerprint density at radius 3 is 2.50 bits per heavy atom. The van der Waals surface area contributed by atoms with Crippen molar-refractivity contribution in [3.63, 3.8) is 0 Å². The minimum atomic E-state index is 0.438. The van der Waals surface area contributed by atoms with Crippen LogP contribution in [0.25, 0.3) is 0 Å². The predicted molar refractivity (Wildman–Crippen MR) is 81.8 cm³/mol. The first-order chi connectivity index (χ1) is 8.65. The van der Waals surface area contributed by atoms with Crippen LogP contribution in [0.3, 0.4) is 0 Å². The fraction of sp³-hybridized carbons (Fsp3) is 0.500. The third-order valence-corrected chi connectivity index (χ3v) is 3.20. The largest absolute Gasteiger partial charge is 0.357 e. The van der Waals surface area contributed by atoms with Crippen molar-refractivity contribution < 1.29 is 0 Å². The summed E-state index contributed by atoms with van der Waals surface area (Å²) < 4.78 is 1.10. The normalized spacial score (nSPS) is 13.2. The van der Waals surface area contributed by atoms with Gasteiger partial charge < -0.3 is 10.6 Å². The molecule has 1 aromatic carbocycles. The molecular formula is C14H22BrN3. The minimum Gasteiger partial charge on any atom is -0.357 e. The monoisotopic (exact) mass is 311 g/mol. The first kappa shape index (κ1) is 15.0. The van der Waals surface area contributed by atoms with Gasteiger partial charge in [0, 0.05) is 17.1 Å². The standard InChI is InChI=1S/C14H22BrN3/c1-4-11(3)18-14(16-5-2)17-10-12-6-8-13(15)9-7-12/h6-9,11H,4-5,10H2,1-3H3,(H2,16,17,18). The van der Waals surface area contributed by atoms with Crippen LogP contribution < -0.4 is 10.6 Å². The zero-order valence-electron chi connectivity index (χ0n) is 11.3. The number of rotatable bonds is 5. The summed E-state index contributed by atoms with van der Waals surface area (Å²) in [5.74, 6) is 0.884. The molecule has 0 radical (unpaired) electrons. The summed E-state index contributed by atoms with van der Waals surface area (Å²) in [5.41, 5.74) is 1.21. The Kier molecular flexibility index (Phi) is 6.80. The van der Waals surface area contributed by atoms with Crippen LogP contribution >= 0.6 is 15.9 Å². The fourth-order valence-electron chi connectivity index (χ4n) is 1.42. The second-order valence-electron chi connectivity index (χ2n) is 4.28. The van der Waals surface area contributed by atoms with Gasteiger partial charge in [-0.3, -0.25) is 0 Å². The highest BCUT2D eigenvalue weighted by Gasteiger charge is 2.02. The molecule has 4 heteroatoms. The van der Waals surface area contributed by atoms with Gasteiger partial charge in [-0.05, 0) is 38.0 Å². The molecule has 0 aliphatic carbocycles. The van der Waals surface area contributed by atoms with Crippen LogP contribution in [-0.2, 0) is 6.54 Å². The highest BCUT2D eigenvalue weighted by molar-refractivity contribution is 9.10. The van der Waals surface area contributed by atoms with Crippen LogP contribution in [-0.4, -0.2) is 18.5 Å². The molecule has 0 fully saturated rings. The lowest BCUT2D eigenvalue weighted by Gasteiger charge is -2.16. The van der Waals surface area contributed by atoms with Crippen LogP contribution in [0.1, 0.15) is 32.8 Å². The molecule has 18 heavy (non-hydrogen) atoms. The number of nitrogens with zero attached hydrogens (tertiary/aromatic N) is 1. The lowest BCUT2D eigenvalue weighted by Crippen LogP contribution is -2.41. The van der Waals surface area contributed by atoms with Gasteiger partial charge in [-0.2, -0.15) is 0 Å². The van der Waals surface area contributed by atoms with Gasteiger partial charge in [0.1, 0.15) is 0 Å². The number of hydrogen-bond acceptors (Lipinski definition) is 1. The molecule has 0 aliphatic rings. The molecule has 1 aromatic rings. The summed E-state index contributed by atoms with van der Waals surface area (Å²) in [7, 11) is 0. The molecule has 1 unspecified atom stereocenters. The van der Waals surface area contributed by atoms with Crippen molar-refractivity contribution in [3.05, 3.63) is 34.3 Å². The van der Waals surface area contributed by atoms with Crippen LogP contribution in [0, 0.1) is 0 Å². The molecule has 0 spiro atoms. The summed E-state index contributed by atoms with van der Waals surface area (Å²) in [6.45, 7) is 7.97. The number of aliphatic imine (C=N–C) groups is 1. The Morgan fingerprint density at radius 2 is 1.94 bits per heavy atom. The molecule has 0 amide bonds. The van der Waals surface area contributed by atoms with Crippen LogP contribution in [0.5, 0.6) is 0 Å². The maximum atomic E-state index is 4.58. The first-order valence-corrected chi connectivity index (χ1v) is 7.24. The Hall–Kier alpha value is -1.03. The van der Waals surface area contributed by atoms with Gasteiger partial charge in [0.25, 0.3) is 0 Å². The average Bonchev–Trinajstić information content (AvgIpc) is 2.38. The Balaban J connectivity index is 2.61. The van der Waals surface area contributed by atoms with E-state index in [2.05, 4.69) is 64.5 Å². The second-order valence-corrected chi connectivity index (χ2v) is 5.19. The van der Waals surface area contributed by atoms with Crippen molar-refractivity contribution in [2.75, 3.05) is 6.54 Å². The summed E-state index contributed by atoms with van der Waals surface area (Å²) in [4.78, 5) is 4.58. The molecular weight excluding hydrogens is 290 g/mol. The predicted octanol–water partition coefficient (Wildman–Crippen LogP) is 3.30. The maximum absolute atomic E-state index is 4.58. The molecule has 0 saturated carbocycles. The fourth-order valence-corrected chi connectivity index (χ4v) is 1.68. The summed E-state index contributed by atoms with van der Waals surface area (Å²) in [6.07, 6.45) is 1.09. The molecule has 0 saturated heterocycles. The van der Waals surface area contributed by atoms with Crippen molar-refractivity contribution >= 4 is 21.9 Å². The number of halogens is 1. The molecule has 1 atom stereocenters. The van der Waals surface area contributed by atoms with Crippen molar-refractivity contribution in [3.8, 4) is 0 Å². The molecule has 100 valence electrons. The van der Waals surface area contributed by atoms with E-state index in [1.54, 1.807) is 0 Å². The highest BCUT2D eigenvalue weighted by Crippen LogP contribution is 2.11. The number of nitrogens with one attached hydrogen (secondary N) is 2. The zero-order chi connectivity index (χ0) is 13.4. The topological polar surface area (TPSA) is 36.4 Å². The zero-order valence-corrected chi connectivity index (χ0v) is 12.9. The molecule has 0 aromatic heterocycles. The van der Waals surface area contributed by atoms with Crippen molar-refractivity contribution in [2.45, 2.75) is 39.8 Å². The van der Waals surface area contributed by atoms with Crippen LogP contribution in [0.15, 0.2) is 33.7 Å². The average molecular weight is 312 g/mol. The quantitative estimate of drug-likeness (QED) is 0.646. The van der Waals surface area contributed by atoms with Crippen LogP contribution in [0.4, 0.5) is 0 Å². The van der Waals surface area contributed by atoms with E-state index in [4.69, 9.17) is 0 Å². The summed E-state index contributed by atoms with van der Waals surface area (Å²) in [5, 5.41) is 6.64. The van der Waals surface area contributed by atoms with E-state index >= 15 is 0 Å². The van der Waals surface area contributed by atoms with Crippen molar-refractivity contribution in [1.82, 2.24) is 10.6 Å². The number of hydrogen-bond donors (Lipinski definition) is 2. The van der Waals surface area contributed by atoms with E-state index in [0.717, 1.165) is 23.4 Å². The molecule has 0 aliphatic heterocycles. The van der Waals surface area contributed by atoms with Gasteiger partial charge >= 0.3 is 0 Å². The lowest BCUT2D eigenvalue weighted by atomic mass is 10.2. The third kappa shape index (κ3) is 5.54. The van der Waals surface area contributed by atoms with Crippen molar-refractivity contribution in [1.29, 1.82) is 0 Å². The smallest absolute Gasteiger partial charge is 0.191 e. The van der Waals surface area contributed by atoms with Crippen LogP contribution in [0.2, 0.25) is 0 Å². The number of guanidine groups is 1. The lowest BCUT2D eigenvalue weighted by molar-refractivity contribution is 0.624. The van der Waals surface area contributed by atoms with Gasteiger partial charge in [-0.15, -0.1) is 0 Å². The Bertz CT molecular complexity index is 373. The molecule has 2 N–H and O–H groups in total. The van der Waals surface area contributed by atoms with E-state index in [-0.39, 0.29) is 0 Å². The van der Waals surface area contributed by atoms with E-state index in [0.29, 0.717) is 12.6 Å². The van der Waals surface area contributed by atoms with E-state index in [1.807, 2.05) is 12.1 Å². The van der Waals surface area contributed by atoms with Gasteiger partial charge in [-0.25, -0.2) is 4.99 Å². The molecule has 3 nitrogen and oxygen atoms in total. The number of benzene rings is 1. The Morgan fingerprint density at radius 1 is 1.28 bits per heavy atom. The van der Waals surface area contributed by atoms with Gasteiger partial charge in [-0.1, -0.05) is 35.0 Å². The molecule has 0 bridgehead atoms. The van der Waals surface area contributed by atoms with E-state index in [1.165, 1.54) is 5.56 Å². The van der Waals surface area contributed by atoms with E-state index in [9.17, 15) is 0 Å². The van der Waals surface area contributed by atoms with E-state index < -0.39 is 0 Å². The Labute approximate surface area is 118 Å². The van der Waals surface area contributed by atoms with Gasteiger partial charge in [0.2, 0.25) is 0 Å². The van der Waals surface area contributed by atoms with Gasteiger partial charge in [0.05, 0.1) is 6.54 Å². The molecule has 0 heterocycles. The molecule has 1 rings (SSSR count). The SMILES string of the molecule is CCNC(=NCc1ccc(Br)cc1)NC(C)CC. The maximum Gasteiger partial charge on any atom is 0.191 e. The minimum absolute atomic E-state index is 0.438. The van der Waals surface area contributed by atoms with Crippen molar-refractivity contribution in [2.24, 2.45) is 4.99 Å². The third-order valence-electron chi connectivity index (χ3n) is 2.67. The first-order valence-electron chi connectivity index (χ1n) is 6.45. The summed E-state index contributed by atoms with van der Waals surface area (Å²) >= 11 is 3.43. The second kappa shape index (κ2) is 8.14.